The third-order valence-corrected chi connectivity index (χ3v) is 4.53. The van der Waals surface area contributed by atoms with Crippen molar-refractivity contribution in [3.63, 3.8) is 0 Å². The van der Waals surface area contributed by atoms with Crippen LogP contribution in [0.4, 0.5) is 22.4 Å². The number of nitrogens with one attached hydrogen (secondary N) is 2. The third kappa shape index (κ3) is 5.00. The standard InChI is InChI=1S/C17H21F4N3O2/c18-15-8-14(26-17(19,20)21)6-3-11(15)9-23-16(25)24(12-4-5-12)13-2-1-7-22-10-13/h3,6,8,12-13,22H,1-2,4-5,7,9-10H2,(H,23,25)/t13-/m1/s1. The molecule has 1 heterocycles. The number of urea groups is 1. The SMILES string of the molecule is O=C(NCc1ccc(OC(F)(F)F)cc1F)N(C1CC1)[C@@H]1CCCNC1. The largest absolute Gasteiger partial charge is 0.573 e. The van der Waals surface area contributed by atoms with E-state index in [4.69, 9.17) is 0 Å². The average molecular weight is 375 g/mol. The molecular formula is C17H21F4N3O2. The highest BCUT2D eigenvalue weighted by atomic mass is 19.4. The van der Waals surface area contributed by atoms with Crippen molar-refractivity contribution in [2.75, 3.05) is 13.1 Å². The van der Waals surface area contributed by atoms with Crippen molar-refractivity contribution in [2.24, 2.45) is 0 Å². The summed E-state index contributed by atoms with van der Waals surface area (Å²) in [4.78, 5) is 14.4. The van der Waals surface area contributed by atoms with E-state index in [1.807, 2.05) is 4.90 Å². The van der Waals surface area contributed by atoms with Crippen LogP contribution in [-0.2, 0) is 6.54 Å². The molecule has 0 bridgehead atoms. The van der Waals surface area contributed by atoms with E-state index >= 15 is 0 Å². The van der Waals surface area contributed by atoms with E-state index in [9.17, 15) is 22.4 Å². The molecule has 9 heteroatoms. The lowest BCUT2D eigenvalue weighted by Crippen LogP contribution is -2.52. The molecule has 26 heavy (non-hydrogen) atoms. The maximum atomic E-state index is 14.0. The predicted octanol–water partition coefficient (Wildman–Crippen LogP) is 3.15. The summed E-state index contributed by atoms with van der Waals surface area (Å²) in [6, 6.07) is 2.94. The Kier molecular flexibility index (Phi) is 5.55. The molecule has 3 rings (SSSR count). The molecular weight excluding hydrogens is 354 g/mol. The summed E-state index contributed by atoms with van der Waals surface area (Å²) in [7, 11) is 0. The normalized spacial score (nSPS) is 20.5. The smallest absolute Gasteiger partial charge is 0.406 e. The molecule has 1 atom stereocenters. The number of rotatable bonds is 5. The Morgan fingerprint density at radius 1 is 1.27 bits per heavy atom. The van der Waals surface area contributed by atoms with Crippen molar-refractivity contribution in [3.05, 3.63) is 29.6 Å². The molecule has 0 spiro atoms. The van der Waals surface area contributed by atoms with E-state index in [1.54, 1.807) is 0 Å². The first-order valence-electron chi connectivity index (χ1n) is 8.64. The monoisotopic (exact) mass is 375 g/mol. The molecule has 144 valence electrons. The minimum absolute atomic E-state index is 0.0969. The molecule has 1 aromatic rings. The summed E-state index contributed by atoms with van der Waals surface area (Å²) >= 11 is 0. The number of carbonyl (C=O) groups is 1. The molecule has 1 saturated carbocycles. The van der Waals surface area contributed by atoms with Crippen LogP contribution >= 0.6 is 0 Å². The number of benzene rings is 1. The summed E-state index contributed by atoms with van der Waals surface area (Å²) in [5, 5.41) is 5.96. The van der Waals surface area contributed by atoms with Crippen LogP contribution < -0.4 is 15.4 Å². The van der Waals surface area contributed by atoms with Crippen molar-refractivity contribution in [3.8, 4) is 5.75 Å². The highest BCUT2D eigenvalue weighted by Gasteiger charge is 2.37. The summed E-state index contributed by atoms with van der Waals surface area (Å²) < 4.78 is 54.1. The summed E-state index contributed by atoms with van der Waals surface area (Å²) in [5.41, 5.74) is 0.102. The zero-order valence-electron chi connectivity index (χ0n) is 14.1. The highest BCUT2D eigenvalue weighted by Crippen LogP contribution is 2.30. The lowest BCUT2D eigenvalue weighted by molar-refractivity contribution is -0.274. The van der Waals surface area contributed by atoms with Crippen LogP contribution in [0, 0.1) is 5.82 Å². The Hall–Kier alpha value is -2.03. The third-order valence-electron chi connectivity index (χ3n) is 4.53. The van der Waals surface area contributed by atoms with Crippen molar-refractivity contribution in [1.82, 2.24) is 15.5 Å². The quantitative estimate of drug-likeness (QED) is 0.778. The van der Waals surface area contributed by atoms with Gasteiger partial charge in [0.05, 0.1) is 0 Å². The van der Waals surface area contributed by atoms with Crippen molar-refractivity contribution < 1.29 is 27.1 Å². The molecule has 0 aromatic heterocycles. The predicted molar refractivity (Wildman–Crippen MR) is 86.1 cm³/mol. The first kappa shape index (κ1) is 18.8. The summed E-state index contributed by atoms with van der Waals surface area (Å²) in [5.74, 6) is -1.48. The maximum Gasteiger partial charge on any atom is 0.573 e. The first-order chi connectivity index (χ1) is 12.3. The van der Waals surface area contributed by atoms with Gasteiger partial charge in [0.15, 0.2) is 0 Å². The van der Waals surface area contributed by atoms with Crippen LogP contribution in [0.25, 0.3) is 0 Å². The van der Waals surface area contributed by atoms with Crippen LogP contribution in [-0.4, -0.2) is 42.5 Å². The number of ether oxygens (including phenoxy) is 1. The van der Waals surface area contributed by atoms with Gasteiger partial charge >= 0.3 is 12.4 Å². The van der Waals surface area contributed by atoms with Gasteiger partial charge in [0.25, 0.3) is 0 Å². The number of halogens is 4. The Bertz CT molecular complexity index is 643. The second kappa shape index (κ2) is 7.69. The molecule has 2 N–H and O–H groups in total. The zero-order chi connectivity index (χ0) is 18.7. The van der Waals surface area contributed by atoms with E-state index in [-0.39, 0.29) is 30.2 Å². The van der Waals surface area contributed by atoms with Gasteiger partial charge in [-0.2, -0.15) is 0 Å². The molecule has 1 aromatic carbocycles. The molecule has 0 radical (unpaired) electrons. The summed E-state index contributed by atoms with van der Waals surface area (Å²) in [6.07, 6.45) is -1.03. The number of piperidine rings is 1. The molecule has 2 aliphatic rings. The number of alkyl halides is 3. The van der Waals surface area contributed by atoms with Crippen LogP contribution in [0.3, 0.4) is 0 Å². The van der Waals surface area contributed by atoms with Gasteiger partial charge in [0.2, 0.25) is 0 Å². The minimum atomic E-state index is -4.87. The van der Waals surface area contributed by atoms with Gasteiger partial charge in [-0.05, 0) is 38.3 Å². The van der Waals surface area contributed by atoms with Crippen molar-refractivity contribution in [2.45, 2.75) is 50.7 Å². The molecule has 1 saturated heterocycles. The molecule has 1 aliphatic carbocycles. The number of carbonyl (C=O) groups excluding carboxylic acids is 1. The molecule has 5 nitrogen and oxygen atoms in total. The number of hydrogen-bond acceptors (Lipinski definition) is 3. The molecule has 2 fully saturated rings. The van der Waals surface area contributed by atoms with Crippen LogP contribution in [0.15, 0.2) is 18.2 Å². The first-order valence-corrected chi connectivity index (χ1v) is 8.64. The Morgan fingerprint density at radius 2 is 2.04 bits per heavy atom. The van der Waals surface area contributed by atoms with E-state index in [2.05, 4.69) is 15.4 Å². The zero-order valence-corrected chi connectivity index (χ0v) is 14.1. The number of nitrogens with zero attached hydrogens (tertiary/aromatic N) is 1. The Morgan fingerprint density at radius 3 is 2.62 bits per heavy atom. The topological polar surface area (TPSA) is 53.6 Å². The van der Waals surface area contributed by atoms with Gasteiger partial charge < -0.3 is 20.3 Å². The molecule has 2 amide bonds. The van der Waals surface area contributed by atoms with E-state index in [0.717, 1.165) is 44.8 Å². The van der Waals surface area contributed by atoms with E-state index < -0.39 is 17.9 Å². The van der Waals surface area contributed by atoms with Gasteiger partial charge in [-0.15, -0.1) is 13.2 Å². The van der Waals surface area contributed by atoms with Crippen LogP contribution in [0.5, 0.6) is 5.75 Å². The van der Waals surface area contributed by atoms with E-state index in [0.29, 0.717) is 6.07 Å². The van der Waals surface area contributed by atoms with Crippen LogP contribution in [0.2, 0.25) is 0 Å². The van der Waals surface area contributed by atoms with Gasteiger partial charge in [-0.3, -0.25) is 0 Å². The highest BCUT2D eigenvalue weighted by molar-refractivity contribution is 5.75. The van der Waals surface area contributed by atoms with Gasteiger partial charge in [0, 0.05) is 36.8 Å². The fraction of sp³-hybridized carbons (Fsp3) is 0.588. The van der Waals surface area contributed by atoms with E-state index in [1.165, 1.54) is 6.07 Å². The number of amides is 2. The van der Waals surface area contributed by atoms with Gasteiger partial charge in [0.1, 0.15) is 11.6 Å². The fourth-order valence-corrected chi connectivity index (χ4v) is 3.18. The minimum Gasteiger partial charge on any atom is -0.406 e. The van der Waals surface area contributed by atoms with Gasteiger partial charge in [-0.25, -0.2) is 9.18 Å². The Labute approximate surface area is 148 Å². The molecule has 1 aliphatic heterocycles. The Balaban J connectivity index is 1.59. The van der Waals surface area contributed by atoms with Gasteiger partial charge in [-0.1, -0.05) is 6.07 Å². The summed E-state index contributed by atoms with van der Waals surface area (Å²) in [6.45, 7) is 1.58. The molecule has 0 unspecified atom stereocenters. The number of hydrogen-bond donors (Lipinski definition) is 2. The van der Waals surface area contributed by atoms with Crippen molar-refractivity contribution >= 4 is 6.03 Å². The maximum absolute atomic E-state index is 14.0. The van der Waals surface area contributed by atoms with Crippen molar-refractivity contribution in [1.29, 1.82) is 0 Å². The second-order valence-corrected chi connectivity index (χ2v) is 6.60. The lowest BCUT2D eigenvalue weighted by atomic mass is 10.1. The lowest BCUT2D eigenvalue weighted by Gasteiger charge is -2.35. The fourth-order valence-electron chi connectivity index (χ4n) is 3.18. The second-order valence-electron chi connectivity index (χ2n) is 6.60. The average Bonchev–Trinajstić information content (AvgIpc) is 3.39. The van der Waals surface area contributed by atoms with Crippen LogP contribution in [0.1, 0.15) is 31.2 Å².